The van der Waals surface area contributed by atoms with Crippen molar-refractivity contribution in [3.8, 4) is 11.4 Å². The van der Waals surface area contributed by atoms with E-state index < -0.39 is 0 Å². The first-order chi connectivity index (χ1) is 10.2. The summed E-state index contributed by atoms with van der Waals surface area (Å²) < 4.78 is 5.57. The molecule has 3 heteroatoms. The minimum atomic E-state index is -0.263. The number of benzene rings is 2. The Balaban J connectivity index is 2.02. The summed E-state index contributed by atoms with van der Waals surface area (Å²) in [6, 6.07) is 20.2. The molecule has 0 aliphatic rings. The molecule has 3 aromatic rings. The molecule has 0 aliphatic carbocycles. The highest BCUT2D eigenvalue weighted by Crippen LogP contribution is 2.34. The summed E-state index contributed by atoms with van der Waals surface area (Å²) in [7, 11) is 0. The quantitative estimate of drug-likeness (QED) is 0.707. The van der Waals surface area contributed by atoms with Crippen LogP contribution < -0.4 is 0 Å². The van der Waals surface area contributed by atoms with Gasteiger partial charge in [-0.2, -0.15) is 4.98 Å². The van der Waals surface area contributed by atoms with Crippen LogP contribution in [0.3, 0.4) is 0 Å². The maximum absolute atomic E-state index is 5.57. The molecular formula is C18H18N2O. The van der Waals surface area contributed by atoms with E-state index in [1.807, 2.05) is 48.5 Å². The second-order valence-corrected chi connectivity index (χ2v) is 5.34. The van der Waals surface area contributed by atoms with Crippen LogP contribution in [0.1, 0.15) is 31.7 Å². The van der Waals surface area contributed by atoms with E-state index in [4.69, 9.17) is 4.52 Å². The first kappa shape index (κ1) is 13.6. The molecule has 3 nitrogen and oxygen atoms in total. The molecule has 21 heavy (non-hydrogen) atoms. The van der Waals surface area contributed by atoms with E-state index in [1.54, 1.807) is 0 Å². The largest absolute Gasteiger partial charge is 0.338 e. The smallest absolute Gasteiger partial charge is 0.237 e. The van der Waals surface area contributed by atoms with Gasteiger partial charge in [-0.05, 0) is 18.9 Å². The van der Waals surface area contributed by atoms with Crippen molar-refractivity contribution in [1.29, 1.82) is 0 Å². The predicted molar refractivity (Wildman–Crippen MR) is 82.9 cm³/mol. The number of aromatic nitrogens is 2. The Kier molecular flexibility index (Phi) is 3.57. The number of hydrogen-bond donors (Lipinski definition) is 0. The Morgan fingerprint density at radius 1 is 0.952 bits per heavy atom. The Hall–Kier alpha value is -2.42. The van der Waals surface area contributed by atoms with E-state index in [9.17, 15) is 0 Å². The van der Waals surface area contributed by atoms with Crippen LogP contribution in [0.25, 0.3) is 11.4 Å². The average molecular weight is 278 g/mol. The molecule has 0 N–H and O–H groups in total. The lowest BCUT2D eigenvalue weighted by molar-refractivity contribution is 0.316. The average Bonchev–Trinajstić information content (AvgIpc) is 3.06. The van der Waals surface area contributed by atoms with Crippen LogP contribution in [-0.2, 0) is 5.41 Å². The van der Waals surface area contributed by atoms with E-state index in [2.05, 4.69) is 36.1 Å². The van der Waals surface area contributed by atoms with Crippen molar-refractivity contribution in [2.45, 2.75) is 25.7 Å². The van der Waals surface area contributed by atoms with E-state index in [0.29, 0.717) is 11.7 Å². The highest BCUT2D eigenvalue weighted by molar-refractivity contribution is 5.54. The van der Waals surface area contributed by atoms with Crippen LogP contribution >= 0.6 is 0 Å². The summed E-state index contributed by atoms with van der Waals surface area (Å²) in [6.45, 7) is 4.28. The molecule has 2 aromatic carbocycles. The van der Waals surface area contributed by atoms with Gasteiger partial charge >= 0.3 is 0 Å². The fourth-order valence-electron chi connectivity index (χ4n) is 2.44. The zero-order valence-corrected chi connectivity index (χ0v) is 12.3. The standard InChI is InChI=1S/C18H18N2O/c1-3-18(2,15-12-8-5-9-13-15)17-19-16(20-21-17)14-10-6-4-7-11-14/h4-13H,3H2,1-2H3. The Labute approximate surface area is 124 Å². The summed E-state index contributed by atoms with van der Waals surface area (Å²) in [5.41, 5.74) is 1.90. The minimum absolute atomic E-state index is 0.263. The van der Waals surface area contributed by atoms with Crippen molar-refractivity contribution < 1.29 is 4.52 Å². The van der Waals surface area contributed by atoms with Gasteiger partial charge in [-0.15, -0.1) is 0 Å². The monoisotopic (exact) mass is 278 g/mol. The van der Waals surface area contributed by atoms with Gasteiger partial charge in [-0.1, -0.05) is 72.7 Å². The van der Waals surface area contributed by atoms with Crippen molar-refractivity contribution in [2.75, 3.05) is 0 Å². The lowest BCUT2D eigenvalue weighted by Crippen LogP contribution is -2.23. The van der Waals surface area contributed by atoms with Gasteiger partial charge in [0.05, 0.1) is 5.41 Å². The highest BCUT2D eigenvalue weighted by Gasteiger charge is 2.33. The maximum atomic E-state index is 5.57. The molecule has 0 bridgehead atoms. The lowest BCUT2D eigenvalue weighted by atomic mass is 9.80. The summed E-state index contributed by atoms with van der Waals surface area (Å²) in [5.74, 6) is 1.30. The van der Waals surface area contributed by atoms with Crippen LogP contribution in [0.15, 0.2) is 65.2 Å². The molecule has 0 fully saturated rings. The second kappa shape index (κ2) is 5.52. The molecule has 0 saturated carbocycles. The van der Waals surface area contributed by atoms with Gasteiger partial charge in [0.1, 0.15) is 0 Å². The van der Waals surface area contributed by atoms with Crippen LogP contribution in [-0.4, -0.2) is 10.1 Å². The van der Waals surface area contributed by atoms with E-state index in [-0.39, 0.29) is 5.41 Å². The van der Waals surface area contributed by atoms with Crippen LogP contribution in [0, 0.1) is 0 Å². The lowest BCUT2D eigenvalue weighted by Gasteiger charge is -2.24. The molecule has 1 unspecified atom stereocenters. The molecule has 0 spiro atoms. The topological polar surface area (TPSA) is 38.9 Å². The Bertz CT molecular complexity index is 706. The van der Waals surface area contributed by atoms with E-state index in [0.717, 1.165) is 12.0 Å². The van der Waals surface area contributed by atoms with Gasteiger partial charge in [0.2, 0.25) is 11.7 Å². The predicted octanol–water partition coefficient (Wildman–Crippen LogP) is 4.45. The zero-order valence-electron chi connectivity index (χ0n) is 12.3. The van der Waals surface area contributed by atoms with Gasteiger partial charge in [0, 0.05) is 5.56 Å². The van der Waals surface area contributed by atoms with Crippen molar-refractivity contribution in [1.82, 2.24) is 10.1 Å². The van der Waals surface area contributed by atoms with Gasteiger partial charge in [0.25, 0.3) is 0 Å². The molecule has 3 rings (SSSR count). The first-order valence-corrected chi connectivity index (χ1v) is 7.19. The third kappa shape index (κ3) is 2.47. The molecule has 1 aromatic heterocycles. The molecule has 0 saturated heterocycles. The molecule has 106 valence electrons. The molecular weight excluding hydrogens is 260 g/mol. The van der Waals surface area contributed by atoms with Crippen molar-refractivity contribution in [2.24, 2.45) is 0 Å². The minimum Gasteiger partial charge on any atom is -0.338 e. The van der Waals surface area contributed by atoms with Crippen molar-refractivity contribution in [3.63, 3.8) is 0 Å². The highest BCUT2D eigenvalue weighted by atomic mass is 16.5. The summed E-state index contributed by atoms with van der Waals surface area (Å²) in [5, 5.41) is 4.14. The van der Waals surface area contributed by atoms with Crippen molar-refractivity contribution in [3.05, 3.63) is 72.1 Å². The van der Waals surface area contributed by atoms with Crippen LogP contribution in [0.5, 0.6) is 0 Å². The van der Waals surface area contributed by atoms with Crippen LogP contribution in [0.2, 0.25) is 0 Å². The number of hydrogen-bond acceptors (Lipinski definition) is 3. The first-order valence-electron chi connectivity index (χ1n) is 7.19. The molecule has 0 amide bonds. The molecule has 0 aliphatic heterocycles. The van der Waals surface area contributed by atoms with Gasteiger partial charge in [-0.3, -0.25) is 0 Å². The second-order valence-electron chi connectivity index (χ2n) is 5.34. The molecule has 0 radical (unpaired) electrons. The number of nitrogens with zero attached hydrogens (tertiary/aromatic N) is 2. The number of rotatable bonds is 4. The molecule has 1 atom stereocenters. The van der Waals surface area contributed by atoms with Crippen LogP contribution in [0.4, 0.5) is 0 Å². The SMILES string of the molecule is CCC(C)(c1ccccc1)c1nc(-c2ccccc2)no1. The Morgan fingerprint density at radius 3 is 2.19 bits per heavy atom. The summed E-state index contributed by atoms with van der Waals surface area (Å²) >= 11 is 0. The molecule has 1 heterocycles. The fraction of sp³-hybridized carbons (Fsp3) is 0.222. The van der Waals surface area contributed by atoms with E-state index in [1.165, 1.54) is 5.56 Å². The van der Waals surface area contributed by atoms with E-state index >= 15 is 0 Å². The third-order valence-corrected chi connectivity index (χ3v) is 4.05. The van der Waals surface area contributed by atoms with Gasteiger partial charge in [-0.25, -0.2) is 0 Å². The fourth-order valence-corrected chi connectivity index (χ4v) is 2.44. The van der Waals surface area contributed by atoms with Gasteiger partial charge in [0.15, 0.2) is 0 Å². The zero-order chi connectivity index (χ0) is 14.7. The summed E-state index contributed by atoms with van der Waals surface area (Å²) in [4.78, 5) is 4.62. The Morgan fingerprint density at radius 2 is 1.57 bits per heavy atom. The maximum Gasteiger partial charge on any atom is 0.237 e. The third-order valence-electron chi connectivity index (χ3n) is 4.05. The summed E-state index contributed by atoms with van der Waals surface area (Å²) in [6.07, 6.45) is 0.896. The van der Waals surface area contributed by atoms with Gasteiger partial charge < -0.3 is 4.52 Å². The normalized spacial score (nSPS) is 13.8. The van der Waals surface area contributed by atoms with Crippen molar-refractivity contribution >= 4 is 0 Å².